The maximum absolute atomic E-state index is 5.71. The monoisotopic (exact) mass is 270 g/mol. The predicted molar refractivity (Wildman–Crippen MR) is 77.5 cm³/mol. The van der Waals surface area contributed by atoms with Crippen molar-refractivity contribution < 1.29 is 9.47 Å². The zero-order chi connectivity index (χ0) is 13.7. The summed E-state index contributed by atoms with van der Waals surface area (Å²) < 4.78 is 11.2. The second-order valence-electron chi connectivity index (χ2n) is 6.05. The van der Waals surface area contributed by atoms with Gasteiger partial charge in [-0.05, 0) is 39.2 Å². The van der Waals surface area contributed by atoms with Crippen LogP contribution in [0.5, 0.6) is 0 Å². The number of nitrogens with one attached hydrogen (secondary N) is 1. The molecule has 2 fully saturated rings. The number of morpholine rings is 1. The van der Waals surface area contributed by atoms with E-state index in [4.69, 9.17) is 9.47 Å². The highest BCUT2D eigenvalue weighted by molar-refractivity contribution is 5.00. The van der Waals surface area contributed by atoms with Crippen LogP contribution in [0.4, 0.5) is 0 Å². The summed E-state index contributed by atoms with van der Waals surface area (Å²) in [6.45, 7) is 10.4. The third-order valence-electron chi connectivity index (χ3n) is 5.10. The van der Waals surface area contributed by atoms with Gasteiger partial charge in [-0.1, -0.05) is 6.92 Å². The highest BCUT2D eigenvalue weighted by atomic mass is 16.5. The fourth-order valence-corrected chi connectivity index (χ4v) is 3.80. The number of hydrogen-bond acceptors (Lipinski definition) is 4. The van der Waals surface area contributed by atoms with Crippen molar-refractivity contribution in [3.8, 4) is 0 Å². The van der Waals surface area contributed by atoms with Gasteiger partial charge in [0.15, 0.2) is 0 Å². The van der Waals surface area contributed by atoms with E-state index < -0.39 is 0 Å². The second kappa shape index (κ2) is 7.02. The Labute approximate surface area is 117 Å². The van der Waals surface area contributed by atoms with Crippen LogP contribution < -0.4 is 5.32 Å². The van der Waals surface area contributed by atoms with Crippen LogP contribution in [0, 0.1) is 5.92 Å². The lowest BCUT2D eigenvalue weighted by Crippen LogP contribution is -2.64. The Morgan fingerprint density at radius 2 is 2.00 bits per heavy atom. The van der Waals surface area contributed by atoms with Crippen LogP contribution in [0.15, 0.2) is 0 Å². The summed E-state index contributed by atoms with van der Waals surface area (Å²) in [5, 5.41) is 3.60. The van der Waals surface area contributed by atoms with Gasteiger partial charge in [0.1, 0.15) is 0 Å². The average molecular weight is 270 g/mol. The molecule has 2 heterocycles. The molecule has 1 N–H and O–H groups in total. The normalized spacial score (nSPS) is 30.8. The zero-order valence-corrected chi connectivity index (χ0v) is 12.8. The van der Waals surface area contributed by atoms with Crippen molar-refractivity contribution in [1.29, 1.82) is 0 Å². The molecular formula is C15H30N2O2. The molecule has 112 valence electrons. The molecule has 0 spiro atoms. The molecule has 2 aliphatic rings. The summed E-state index contributed by atoms with van der Waals surface area (Å²) in [7, 11) is 2.10. The number of likely N-dealkylation sites (N-methyl/N-ethyl adjacent to an activating group) is 1. The second-order valence-corrected chi connectivity index (χ2v) is 6.05. The van der Waals surface area contributed by atoms with Crippen molar-refractivity contribution in [2.24, 2.45) is 5.92 Å². The quantitative estimate of drug-likeness (QED) is 0.821. The molecule has 0 amide bonds. The summed E-state index contributed by atoms with van der Waals surface area (Å²) in [5.74, 6) is 0.631. The molecule has 0 saturated carbocycles. The van der Waals surface area contributed by atoms with Gasteiger partial charge in [-0.3, -0.25) is 4.90 Å². The summed E-state index contributed by atoms with van der Waals surface area (Å²) in [4.78, 5) is 2.62. The molecule has 0 radical (unpaired) electrons. The van der Waals surface area contributed by atoms with Crippen LogP contribution in [0.1, 0.15) is 33.1 Å². The van der Waals surface area contributed by atoms with Gasteiger partial charge in [0, 0.05) is 31.3 Å². The molecule has 3 unspecified atom stereocenters. The van der Waals surface area contributed by atoms with Gasteiger partial charge in [0.25, 0.3) is 0 Å². The van der Waals surface area contributed by atoms with Crippen molar-refractivity contribution in [2.75, 3.05) is 46.6 Å². The van der Waals surface area contributed by atoms with E-state index in [0.29, 0.717) is 12.0 Å². The fourth-order valence-electron chi connectivity index (χ4n) is 3.80. The van der Waals surface area contributed by atoms with Crippen molar-refractivity contribution in [3.05, 3.63) is 0 Å². The Morgan fingerprint density at radius 1 is 1.26 bits per heavy atom. The Hall–Kier alpha value is -0.160. The fraction of sp³-hybridized carbons (Fsp3) is 1.00. The first-order valence-corrected chi connectivity index (χ1v) is 7.80. The average Bonchev–Trinajstić information content (AvgIpc) is 2.49. The molecular weight excluding hydrogens is 240 g/mol. The summed E-state index contributed by atoms with van der Waals surface area (Å²) in [6, 6.07) is 0.496. The molecule has 0 aromatic carbocycles. The lowest BCUT2D eigenvalue weighted by atomic mass is 9.77. The molecule has 19 heavy (non-hydrogen) atoms. The molecule has 2 aliphatic heterocycles. The van der Waals surface area contributed by atoms with Crippen molar-refractivity contribution in [2.45, 2.75) is 44.7 Å². The van der Waals surface area contributed by atoms with E-state index in [9.17, 15) is 0 Å². The van der Waals surface area contributed by atoms with E-state index in [1.807, 2.05) is 0 Å². The number of ether oxygens (including phenoxy) is 2. The van der Waals surface area contributed by atoms with Crippen LogP contribution >= 0.6 is 0 Å². The molecule has 0 aliphatic carbocycles. The first-order valence-electron chi connectivity index (χ1n) is 7.80. The van der Waals surface area contributed by atoms with E-state index >= 15 is 0 Å². The molecule has 0 bridgehead atoms. The molecule has 3 atom stereocenters. The topological polar surface area (TPSA) is 33.7 Å². The highest BCUT2D eigenvalue weighted by Gasteiger charge is 2.42. The van der Waals surface area contributed by atoms with E-state index in [1.54, 1.807) is 0 Å². The van der Waals surface area contributed by atoms with Crippen molar-refractivity contribution in [1.82, 2.24) is 10.2 Å². The lowest BCUT2D eigenvalue weighted by Gasteiger charge is -2.50. The molecule has 4 nitrogen and oxygen atoms in total. The van der Waals surface area contributed by atoms with Gasteiger partial charge in [-0.15, -0.1) is 0 Å². The van der Waals surface area contributed by atoms with Crippen molar-refractivity contribution >= 4 is 0 Å². The standard InChI is InChI=1S/C15H30N2O2/c1-4-15(2,17-7-10-18-11-8-17)14(16-3)13-6-5-9-19-12-13/h13-14,16H,4-12H2,1-3H3. The third-order valence-corrected chi connectivity index (χ3v) is 5.10. The zero-order valence-electron chi connectivity index (χ0n) is 12.8. The summed E-state index contributed by atoms with van der Waals surface area (Å²) >= 11 is 0. The lowest BCUT2D eigenvalue weighted by molar-refractivity contribution is -0.0562. The van der Waals surface area contributed by atoms with Gasteiger partial charge in [0.2, 0.25) is 0 Å². The van der Waals surface area contributed by atoms with E-state index in [2.05, 4.69) is 31.1 Å². The minimum Gasteiger partial charge on any atom is -0.381 e. The van der Waals surface area contributed by atoms with Gasteiger partial charge in [-0.25, -0.2) is 0 Å². The molecule has 2 saturated heterocycles. The van der Waals surface area contributed by atoms with Gasteiger partial charge < -0.3 is 14.8 Å². The van der Waals surface area contributed by atoms with Gasteiger partial charge >= 0.3 is 0 Å². The molecule has 4 heteroatoms. The highest BCUT2D eigenvalue weighted by Crippen LogP contribution is 2.32. The maximum Gasteiger partial charge on any atom is 0.0594 e. The largest absolute Gasteiger partial charge is 0.381 e. The first-order chi connectivity index (χ1) is 9.22. The minimum absolute atomic E-state index is 0.198. The Bertz CT molecular complexity index is 263. The minimum atomic E-state index is 0.198. The van der Waals surface area contributed by atoms with E-state index in [0.717, 1.165) is 45.9 Å². The Balaban J connectivity index is 2.10. The van der Waals surface area contributed by atoms with Crippen LogP contribution in [-0.2, 0) is 9.47 Å². The SMILES string of the molecule is CCC(C)(C(NC)C1CCCOC1)N1CCOCC1. The van der Waals surface area contributed by atoms with Crippen molar-refractivity contribution in [3.63, 3.8) is 0 Å². The third kappa shape index (κ3) is 3.30. The summed E-state index contributed by atoms with van der Waals surface area (Å²) in [5.41, 5.74) is 0.198. The van der Waals surface area contributed by atoms with Crippen LogP contribution in [0.25, 0.3) is 0 Å². The number of nitrogens with zero attached hydrogens (tertiary/aromatic N) is 1. The van der Waals surface area contributed by atoms with Crippen LogP contribution in [0.3, 0.4) is 0 Å². The van der Waals surface area contributed by atoms with E-state index in [1.165, 1.54) is 12.8 Å². The number of hydrogen-bond donors (Lipinski definition) is 1. The molecule has 0 aromatic heterocycles. The van der Waals surface area contributed by atoms with Crippen LogP contribution in [0.2, 0.25) is 0 Å². The Kier molecular flexibility index (Phi) is 5.63. The number of rotatable bonds is 5. The predicted octanol–water partition coefficient (Wildman–Crippen LogP) is 1.50. The molecule has 0 aromatic rings. The Morgan fingerprint density at radius 3 is 2.53 bits per heavy atom. The van der Waals surface area contributed by atoms with Crippen LogP contribution in [-0.4, -0.2) is 63.0 Å². The maximum atomic E-state index is 5.71. The molecule has 2 rings (SSSR count). The van der Waals surface area contributed by atoms with E-state index in [-0.39, 0.29) is 5.54 Å². The first kappa shape index (κ1) is 15.2. The van der Waals surface area contributed by atoms with Gasteiger partial charge in [-0.2, -0.15) is 0 Å². The smallest absolute Gasteiger partial charge is 0.0594 e. The summed E-state index contributed by atoms with van der Waals surface area (Å²) in [6.07, 6.45) is 3.65. The van der Waals surface area contributed by atoms with Gasteiger partial charge in [0.05, 0.1) is 19.8 Å².